The molecule has 3 saturated heterocycles. The van der Waals surface area contributed by atoms with Crippen molar-refractivity contribution in [1.82, 2.24) is 9.80 Å². The molecule has 7 nitrogen and oxygen atoms in total. The van der Waals surface area contributed by atoms with Gasteiger partial charge >= 0.3 is 6.03 Å². The molecule has 0 N–H and O–H groups in total. The minimum absolute atomic E-state index is 0.118. The van der Waals surface area contributed by atoms with Crippen molar-refractivity contribution in [2.45, 2.75) is 38.4 Å². The Bertz CT molecular complexity index is 1200. The maximum Gasteiger partial charge on any atom is 0.332 e. The second kappa shape index (κ2) is 6.82. The Hall–Kier alpha value is -3.37. The summed E-state index contributed by atoms with van der Waals surface area (Å²) < 4.78 is 0. The van der Waals surface area contributed by atoms with Crippen LogP contribution < -0.4 is 4.90 Å². The van der Waals surface area contributed by atoms with Crippen LogP contribution in [0.15, 0.2) is 36.4 Å². The van der Waals surface area contributed by atoms with Gasteiger partial charge in [0.05, 0.1) is 28.4 Å². The van der Waals surface area contributed by atoms with Crippen molar-refractivity contribution < 1.29 is 14.4 Å². The van der Waals surface area contributed by atoms with Crippen molar-refractivity contribution in [2.75, 3.05) is 11.4 Å². The molecular formula is C23H19ClN4O3. The lowest BCUT2D eigenvalue weighted by Crippen LogP contribution is -2.54. The highest BCUT2D eigenvalue weighted by molar-refractivity contribution is 6.33. The van der Waals surface area contributed by atoms with Crippen molar-refractivity contribution in [2.24, 2.45) is 0 Å². The number of hydrogen-bond donors (Lipinski definition) is 0. The number of nitrogens with zero attached hydrogens (tertiary/aromatic N) is 4. The zero-order valence-corrected chi connectivity index (χ0v) is 17.8. The SMILES string of the molecule is Cc1cccc(C(=O)N2C[C@@H]3C[C@H]2[C@H]2C(=O)N(c4ccc(C#N)c(Cl)c4C)C(=O)N32)c1. The standard InChI is InChI=1S/C23H19ClN4O3/c1-12-4-3-5-14(8-12)21(29)26-11-16-9-18(26)20-22(30)28(23(31)27(16)20)17-7-6-15(10-25)19(24)13(17)2/h3-8,16,18,20H,9,11H2,1-2H3/t16-,18-,20-/m0/s1. The normalized spacial score (nSPS) is 24.1. The second-order valence-electron chi connectivity index (χ2n) is 8.28. The largest absolute Gasteiger partial charge is 0.332 e. The molecule has 0 aliphatic carbocycles. The van der Waals surface area contributed by atoms with Crippen molar-refractivity contribution in [3.63, 3.8) is 0 Å². The summed E-state index contributed by atoms with van der Waals surface area (Å²) >= 11 is 6.27. The molecule has 0 aromatic heterocycles. The van der Waals surface area contributed by atoms with Gasteiger partial charge in [0.2, 0.25) is 0 Å². The van der Waals surface area contributed by atoms with E-state index in [2.05, 4.69) is 0 Å². The Morgan fingerprint density at radius 1 is 1.19 bits per heavy atom. The van der Waals surface area contributed by atoms with E-state index in [-0.39, 0.29) is 34.5 Å². The van der Waals surface area contributed by atoms with Gasteiger partial charge in [-0.1, -0.05) is 29.3 Å². The summed E-state index contributed by atoms with van der Waals surface area (Å²) in [6, 6.07) is 10.8. The molecule has 3 fully saturated rings. The van der Waals surface area contributed by atoms with Crippen LogP contribution in [0.25, 0.3) is 0 Å². The molecule has 156 valence electrons. The lowest BCUT2D eigenvalue weighted by atomic mass is 10.1. The maximum atomic E-state index is 13.4. The Labute approximate surface area is 184 Å². The zero-order chi connectivity index (χ0) is 22.0. The van der Waals surface area contributed by atoms with Crippen LogP contribution in [0.1, 0.15) is 33.5 Å². The summed E-state index contributed by atoms with van der Waals surface area (Å²) in [7, 11) is 0. The number of anilines is 1. The second-order valence-corrected chi connectivity index (χ2v) is 8.65. The number of aryl methyl sites for hydroxylation is 1. The molecule has 2 aromatic rings. The van der Waals surface area contributed by atoms with Gasteiger partial charge in [-0.05, 0) is 50.1 Å². The van der Waals surface area contributed by atoms with Crippen LogP contribution in [0.3, 0.4) is 0 Å². The molecule has 3 heterocycles. The number of fused-ring (bicyclic) bond motifs is 5. The van der Waals surface area contributed by atoms with Gasteiger partial charge in [-0.25, -0.2) is 9.69 Å². The third kappa shape index (κ3) is 2.68. The van der Waals surface area contributed by atoms with Crippen molar-refractivity contribution in [3.05, 3.63) is 63.7 Å². The summed E-state index contributed by atoms with van der Waals surface area (Å²) in [5.74, 6) is -0.477. The number of rotatable bonds is 2. The maximum absolute atomic E-state index is 13.4. The summed E-state index contributed by atoms with van der Waals surface area (Å²) in [5.41, 5.74) is 2.75. The number of nitriles is 1. The number of halogens is 1. The Morgan fingerprint density at radius 2 is 1.97 bits per heavy atom. The van der Waals surface area contributed by atoms with Gasteiger partial charge in [-0.2, -0.15) is 5.26 Å². The highest BCUT2D eigenvalue weighted by Gasteiger charge is 2.63. The van der Waals surface area contributed by atoms with Crippen molar-refractivity contribution in [1.29, 1.82) is 5.26 Å². The first-order chi connectivity index (χ1) is 14.8. The monoisotopic (exact) mass is 434 g/mol. The first-order valence-electron chi connectivity index (χ1n) is 10.1. The van der Waals surface area contributed by atoms with E-state index in [0.717, 1.165) is 10.5 Å². The molecule has 3 aliphatic heterocycles. The molecular weight excluding hydrogens is 416 g/mol. The number of benzene rings is 2. The van der Waals surface area contributed by atoms with Crippen LogP contribution in [0.4, 0.5) is 10.5 Å². The van der Waals surface area contributed by atoms with Crippen LogP contribution in [0.2, 0.25) is 5.02 Å². The minimum Gasteiger partial charge on any atom is -0.331 e. The number of piperazine rings is 1. The molecule has 2 aromatic carbocycles. The number of carbonyl (C=O) groups is 3. The average molecular weight is 435 g/mol. The minimum atomic E-state index is -0.700. The molecule has 4 amide bonds. The molecule has 0 unspecified atom stereocenters. The van der Waals surface area contributed by atoms with Crippen LogP contribution in [-0.2, 0) is 4.79 Å². The van der Waals surface area contributed by atoms with E-state index >= 15 is 0 Å². The summed E-state index contributed by atoms with van der Waals surface area (Å²) in [6.45, 7) is 4.02. The Balaban J connectivity index is 1.47. The van der Waals surface area contributed by atoms with Gasteiger partial charge in [-0.3, -0.25) is 9.59 Å². The van der Waals surface area contributed by atoms with Crippen LogP contribution in [-0.4, -0.2) is 52.3 Å². The van der Waals surface area contributed by atoms with E-state index in [1.165, 1.54) is 6.07 Å². The average Bonchev–Trinajstić information content (AvgIpc) is 3.41. The number of carbonyl (C=O) groups excluding carboxylic acids is 3. The van der Waals surface area contributed by atoms with Crippen molar-refractivity contribution >= 4 is 35.1 Å². The van der Waals surface area contributed by atoms with Gasteiger partial charge in [0.15, 0.2) is 0 Å². The molecule has 3 atom stereocenters. The Kier molecular flexibility index (Phi) is 4.31. The molecule has 0 saturated carbocycles. The number of likely N-dealkylation sites (tertiary alicyclic amines) is 1. The topological polar surface area (TPSA) is 84.7 Å². The molecule has 0 spiro atoms. The predicted molar refractivity (Wildman–Crippen MR) is 114 cm³/mol. The van der Waals surface area contributed by atoms with Gasteiger partial charge < -0.3 is 9.80 Å². The fourth-order valence-corrected chi connectivity index (χ4v) is 5.26. The van der Waals surface area contributed by atoms with Gasteiger partial charge in [0, 0.05) is 12.1 Å². The summed E-state index contributed by atoms with van der Waals surface area (Å²) in [4.78, 5) is 44.2. The Morgan fingerprint density at radius 3 is 2.68 bits per heavy atom. The number of imide groups is 1. The lowest BCUT2D eigenvalue weighted by molar-refractivity contribution is -0.121. The number of urea groups is 1. The van der Waals surface area contributed by atoms with E-state index in [9.17, 15) is 19.6 Å². The molecule has 8 heteroatoms. The number of hydrogen-bond acceptors (Lipinski definition) is 4. The van der Waals surface area contributed by atoms with E-state index in [1.54, 1.807) is 28.9 Å². The quantitative estimate of drug-likeness (QED) is 0.679. The van der Waals surface area contributed by atoms with E-state index in [0.29, 0.717) is 29.8 Å². The zero-order valence-electron chi connectivity index (χ0n) is 17.0. The molecule has 0 radical (unpaired) electrons. The van der Waals surface area contributed by atoms with Gasteiger partial charge in [0.25, 0.3) is 11.8 Å². The molecule has 5 rings (SSSR count). The van der Waals surface area contributed by atoms with Gasteiger partial charge in [0.1, 0.15) is 12.1 Å². The third-order valence-electron chi connectivity index (χ3n) is 6.51. The highest BCUT2D eigenvalue weighted by Crippen LogP contribution is 2.44. The van der Waals surface area contributed by atoms with Crippen molar-refractivity contribution in [3.8, 4) is 6.07 Å². The molecule has 2 bridgehead atoms. The first-order valence-corrected chi connectivity index (χ1v) is 10.4. The smallest absolute Gasteiger partial charge is 0.331 e. The van der Waals surface area contributed by atoms with Crippen LogP contribution in [0, 0.1) is 25.2 Å². The lowest BCUT2D eigenvalue weighted by Gasteiger charge is -2.35. The van der Waals surface area contributed by atoms with Crippen LogP contribution in [0.5, 0.6) is 0 Å². The fraction of sp³-hybridized carbons (Fsp3) is 0.304. The van der Waals surface area contributed by atoms with Crippen LogP contribution >= 0.6 is 11.6 Å². The third-order valence-corrected chi connectivity index (χ3v) is 7.00. The van der Waals surface area contributed by atoms with E-state index in [4.69, 9.17) is 11.6 Å². The summed E-state index contributed by atoms with van der Waals surface area (Å²) in [5, 5.41) is 9.41. The predicted octanol–water partition coefficient (Wildman–Crippen LogP) is 3.26. The molecule has 3 aliphatic rings. The number of amides is 4. The van der Waals surface area contributed by atoms with E-state index in [1.807, 2.05) is 31.2 Å². The summed E-state index contributed by atoms with van der Waals surface area (Å²) in [6.07, 6.45) is 0.598. The van der Waals surface area contributed by atoms with Gasteiger partial charge in [-0.15, -0.1) is 0 Å². The highest BCUT2D eigenvalue weighted by atomic mass is 35.5. The van der Waals surface area contributed by atoms with E-state index < -0.39 is 12.1 Å². The fourth-order valence-electron chi connectivity index (χ4n) is 5.06. The molecule has 31 heavy (non-hydrogen) atoms. The first kappa shape index (κ1) is 19.6.